The highest BCUT2D eigenvalue weighted by molar-refractivity contribution is 7.80. The lowest BCUT2D eigenvalue weighted by molar-refractivity contribution is -0.141. The molecule has 33 heteroatoms. The van der Waals surface area contributed by atoms with Gasteiger partial charge in [-0.05, 0) is 116 Å². The normalized spacial score (nSPS) is 12.8. The number of hydrogen-bond donors (Lipinski definition) is 15. The molecule has 2 amide bonds. The van der Waals surface area contributed by atoms with E-state index in [4.69, 9.17) is 43.4 Å². The summed E-state index contributed by atoms with van der Waals surface area (Å²) in [7, 11) is 0. The third-order valence-corrected chi connectivity index (χ3v) is 15.0. The van der Waals surface area contributed by atoms with E-state index in [0.717, 1.165) is 0 Å². The van der Waals surface area contributed by atoms with Crippen LogP contribution < -0.4 is 59.2 Å². The number of aromatic hydroxyl groups is 2. The molecule has 32 nitrogen and oxygen atoms in total. The number of fused-ring (bicyclic) bond motifs is 8. The SMILES string of the molecule is Nc1nc2ncc(CNc3ccc(C(=O)N[C@@H](CCC(=O)CCCNC(=S)Nc4ccc5c(c4)C(=O)OC54c5ccc(O)cc5Oc5cc(O)ccc54)C(=O)O)cc3)nc2c(=O)[nH]1.Nc1nc2ncc(CNc3ccc(C(=O)N[C@@H](CCC(=O)O)C(=O)O)cc3)nc2c(=O)[nH]1. The third-order valence-electron chi connectivity index (χ3n) is 14.7. The first-order valence-corrected chi connectivity index (χ1v) is 29.2. The molecule has 9 aromatic rings. The summed E-state index contributed by atoms with van der Waals surface area (Å²) in [6, 6.07) is 23.9. The number of ketones is 1. The fourth-order valence-electron chi connectivity index (χ4n) is 10.1. The summed E-state index contributed by atoms with van der Waals surface area (Å²) in [5.74, 6) is -5.50. The predicted molar refractivity (Wildman–Crippen MR) is 343 cm³/mol. The number of nitrogens with zero attached hydrogens (tertiary/aromatic N) is 6. The number of carboxylic acid groups (broad SMARTS) is 3. The van der Waals surface area contributed by atoms with Crippen molar-refractivity contribution < 1.29 is 68.6 Å². The minimum absolute atomic E-state index is 0.0413. The van der Waals surface area contributed by atoms with E-state index in [-0.39, 0.29) is 130 Å². The number of hydrogen-bond acceptors (Lipinski definition) is 24. The Kier molecular flexibility index (Phi) is 19.4. The van der Waals surface area contributed by atoms with E-state index in [1.54, 1.807) is 54.6 Å². The summed E-state index contributed by atoms with van der Waals surface area (Å²) in [6.45, 7) is 0.747. The largest absolute Gasteiger partial charge is 0.508 e. The number of aromatic nitrogens is 8. The van der Waals surface area contributed by atoms with Crippen molar-refractivity contribution in [2.45, 2.75) is 69.3 Å². The fraction of sp³-hybridized carbons (Fsp3) is 0.194. The number of nitrogen functional groups attached to an aromatic ring is 2. The summed E-state index contributed by atoms with van der Waals surface area (Å²) in [5, 5.41) is 65.2. The number of amides is 2. The molecule has 6 heterocycles. The van der Waals surface area contributed by atoms with Crippen LogP contribution in [0.5, 0.6) is 23.0 Å². The number of carbonyl (C=O) groups is 7. The molecule has 1 spiro atoms. The van der Waals surface area contributed by atoms with Crippen LogP contribution in [0.1, 0.15) is 97.7 Å². The number of Topliss-reactive ketones (excluding diaryl/α,β-unsaturated/α-hetero) is 1. The van der Waals surface area contributed by atoms with E-state index in [2.05, 4.69) is 71.8 Å². The molecule has 2 atom stereocenters. The first kappa shape index (κ1) is 65.3. The van der Waals surface area contributed by atoms with Gasteiger partial charge in [0.25, 0.3) is 22.9 Å². The van der Waals surface area contributed by atoms with Gasteiger partial charge >= 0.3 is 23.9 Å². The fourth-order valence-corrected chi connectivity index (χ4v) is 10.3. The maximum atomic E-state index is 13.4. The van der Waals surface area contributed by atoms with Gasteiger partial charge in [0.1, 0.15) is 40.9 Å². The van der Waals surface area contributed by atoms with Crippen molar-refractivity contribution in [2.24, 2.45) is 0 Å². The molecular formula is C62H56N16O16S. The summed E-state index contributed by atoms with van der Waals surface area (Å²) in [6.07, 6.45) is 2.62. The highest BCUT2D eigenvalue weighted by Gasteiger charge is 2.54. The Morgan fingerprint density at radius 2 is 1.06 bits per heavy atom. The van der Waals surface area contributed by atoms with Gasteiger partial charge in [-0.1, -0.05) is 6.07 Å². The van der Waals surface area contributed by atoms with E-state index >= 15 is 0 Å². The van der Waals surface area contributed by atoms with E-state index < -0.39 is 64.5 Å². The molecule has 486 valence electrons. The van der Waals surface area contributed by atoms with Crippen molar-refractivity contribution in [3.63, 3.8) is 0 Å². The van der Waals surface area contributed by atoms with E-state index in [0.29, 0.717) is 58.1 Å². The topological polar surface area (TPSA) is 506 Å². The molecule has 2 aliphatic rings. The Morgan fingerprint density at radius 3 is 1.55 bits per heavy atom. The Balaban J connectivity index is 0.000000258. The predicted octanol–water partition coefficient (Wildman–Crippen LogP) is 4.14. The molecule has 0 aliphatic carbocycles. The summed E-state index contributed by atoms with van der Waals surface area (Å²) in [5.41, 5.74) is 13.8. The maximum Gasteiger partial charge on any atom is 0.340 e. The van der Waals surface area contributed by atoms with Crippen molar-refractivity contribution in [1.29, 1.82) is 0 Å². The van der Waals surface area contributed by atoms with Gasteiger partial charge in [-0.15, -0.1) is 0 Å². The second kappa shape index (κ2) is 28.2. The number of phenolic OH excluding ortho intramolecular Hbond substituents is 2. The zero-order chi connectivity index (χ0) is 67.7. The highest BCUT2D eigenvalue weighted by atomic mass is 32.1. The number of rotatable bonds is 23. The third kappa shape index (κ3) is 15.4. The quantitative estimate of drug-likeness (QED) is 0.0243. The average Bonchev–Trinajstić information content (AvgIpc) is 1.61. The lowest BCUT2D eigenvalue weighted by Gasteiger charge is -2.36. The number of phenols is 2. The van der Waals surface area contributed by atoms with Gasteiger partial charge in [0.05, 0.1) is 42.4 Å². The molecule has 0 fully saturated rings. The average molecular weight is 1310 g/mol. The minimum Gasteiger partial charge on any atom is -0.508 e. The van der Waals surface area contributed by atoms with Crippen LogP contribution in [-0.2, 0) is 42.6 Å². The van der Waals surface area contributed by atoms with Crippen LogP contribution in [0, 0.1) is 0 Å². The Morgan fingerprint density at radius 1 is 0.589 bits per heavy atom. The molecule has 0 saturated heterocycles. The molecule has 95 heavy (non-hydrogen) atoms. The number of ether oxygens (including phenoxy) is 2. The number of benzene rings is 5. The number of nitrogens with one attached hydrogen (secondary N) is 8. The number of nitrogens with two attached hydrogens (primary N) is 2. The van der Waals surface area contributed by atoms with Crippen molar-refractivity contribution in [2.75, 3.05) is 34.0 Å². The van der Waals surface area contributed by atoms with Gasteiger partial charge in [0.2, 0.25) is 11.9 Å². The number of aromatic amines is 2. The number of H-pyrrole nitrogens is 2. The number of aliphatic carboxylic acids is 3. The van der Waals surface area contributed by atoms with Gasteiger partial charge in [0.15, 0.2) is 33.0 Å². The number of carboxylic acids is 3. The second-order valence-electron chi connectivity index (χ2n) is 21.3. The summed E-state index contributed by atoms with van der Waals surface area (Å²) in [4.78, 5) is 138. The molecule has 0 bridgehead atoms. The standard InChI is InChI=1S/C43H37N9O10S.C19H19N7O6/c44-41-51-36-35(38(57)52-41)48-24(20-47-36)19-46-22-5-3-21(4-6-22)37(56)50-32(39(58)59)14-10-25(53)2-1-15-45-42(63)49-23-7-11-29-28(16-23)40(60)62-43(29)30-12-8-26(54)17-33(30)61-34-18-27(55)9-13-31(34)43;20-19-25-15-14(17(30)26-19)23-11(8-22-15)7-21-10-3-1-9(2-4-10)16(29)24-12(18(31)32)5-6-13(27)28/h3-9,11-13,16-18,20,32,46,54-55H,1-2,10,14-15,19H2,(H,50,56)(H,58,59)(H2,45,49,63)(H3,44,47,51,52,57);1-4,8,12,21H,5-7H2,(H,24,29)(H,27,28)(H,31,32)(H3,20,22,25,26,30)/t32-;12-/m00/s1. The lowest BCUT2D eigenvalue weighted by atomic mass is 9.77. The van der Waals surface area contributed by atoms with Gasteiger partial charge in [-0.2, -0.15) is 9.97 Å². The maximum absolute atomic E-state index is 13.4. The van der Waals surface area contributed by atoms with Gasteiger partial charge in [0, 0.05) is 82.8 Å². The Hall–Kier alpha value is -12.7. The van der Waals surface area contributed by atoms with Crippen LogP contribution >= 0.6 is 12.2 Å². The monoisotopic (exact) mass is 1310 g/mol. The number of anilines is 5. The molecular weight excluding hydrogens is 1260 g/mol. The van der Waals surface area contributed by atoms with Crippen LogP contribution in [0.15, 0.2) is 125 Å². The van der Waals surface area contributed by atoms with E-state index in [1.807, 2.05) is 0 Å². The minimum atomic E-state index is -1.40. The molecule has 5 aromatic carbocycles. The molecule has 0 unspecified atom stereocenters. The highest BCUT2D eigenvalue weighted by Crippen LogP contribution is 2.57. The van der Waals surface area contributed by atoms with Crippen LogP contribution in [0.3, 0.4) is 0 Å². The van der Waals surface area contributed by atoms with Crippen molar-refractivity contribution >= 4 is 110 Å². The second-order valence-corrected chi connectivity index (χ2v) is 21.8. The van der Waals surface area contributed by atoms with Crippen molar-refractivity contribution in [3.8, 4) is 23.0 Å². The number of carbonyl (C=O) groups excluding carboxylic acids is 4. The van der Waals surface area contributed by atoms with Crippen LogP contribution in [0.25, 0.3) is 22.3 Å². The van der Waals surface area contributed by atoms with Crippen LogP contribution in [0.4, 0.5) is 29.0 Å². The molecule has 0 radical (unpaired) electrons. The molecule has 17 N–H and O–H groups in total. The lowest BCUT2D eigenvalue weighted by Crippen LogP contribution is -2.41. The van der Waals surface area contributed by atoms with E-state index in [9.17, 15) is 58.5 Å². The van der Waals surface area contributed by atoms with Crippen LogP contribution in [0.2, 0.25) is 0 Å². The van der Waals surface area contributed by atoms with Crippen molar-refractivity contribution in [3.05, 3.63) is 181 Å². The Labute approximate surface area is 539 Å². The smallest absolute Gasteiger partial charge is 0.340 e. The zero-order valence-corrected chi connectivity index (χ0v) is 50.3. The van der Waals surface area contributed by atoms with Gasteiger partial charge in [-0.25, -0.2) is 34.3 Å². The van der Waals surface area contributed by atoms with Crippen molar-refractivity contribution in [1.82, 2.24) is 55.8 Å². The molecule has 4 aromatic heterocycles. The van der Waals surface area contributed by atoms with Gasteiger partial charge < -0.3 is 78.4 Å². The summed E-state index contributed by atoms with van der Waals surface area (Å²) >= 11 is 5.46. The van der Waals surface area contributed by atoms with Crippen LogP contribution in [-0.4, -0.2) is 131 Å². The van der Waals surface area contributed by atoms with E-state index in [1.165, 1.54) is 60.9 Å². The first-order valence-electron chi connectivity index (χ1n) is 28.8. The zero-order valence-electron chi connectivity index (χ0n) is 49.5. The first-order chi connectivity index (χ1) is 45.5. The molecule has 2 aliphatic heterocycles. The van der Waals surface area contributed by atoms with Gasteiger partial charge in [-0.3, -0.25) is 38.7 Å². The number of thiocarbonyl (C=S) groups is 1. The number of esters is 1. The Bertz CT molecular complexity index is 4620. The molecule has 11 rings (SSSR count). The molecule has 0 saturated carbocycles. The summed E-state index contributed by atoms with van der Waals surface area (Å²) < 4.78 is 12.1.